The quantitative estimate of drug-likeness (QED) is 0.600. The van der Waals surface area contributed by atoms with Gasteiger partial charge in [0.15, 0.2) is 0 Å². The van der Waals surface area contributed by atoms with Gasteiger partial charge >= 0.3 is 0 Å². The summed E-state index contributed by atoms with van der Waals surface area (Å²) in [6, 6.07) is 11.1. The minimum absolute atomic E-state index is 0.153. The number of fused-ring (bicyclic) bond motifs is 1. The van der Waals surface area contributed by atoms with Gasteiger partial charge in [0.05, 0.1) is 5.69 Å². The average Bonchev–Trinajstić information content (AvgIpc) is 3.30. The summed E-state index contributed by atoms with van der Waals surface area (Å²) in [6.45, 7) is 0.411. The van der Waals surface area contributed by atoms with Crippen molar-refractivity contribution in [3.8, 4) is 11.3 Å². The molecule has 7 heteroatoms. The van der Waals surface area contributed by atoms with Gasteiger partial charge in [-0.25, -0.2) is 0 Å². The Morgan fingerprint density at radius 2 is 2.08 bits per heavy atom. The highest BCUT2D eigenvalue weighted by Gasteiger charge is 2.11. The molecule has 0 fully saturated rings. The summed E-state index contributed by atoms with van der Waals surface area (Å²) in [5.74, 6) is -0.153. The van der Waals surface area contributed by atoms with Crippen LogP contribution in [0.15, 0.2) is 53.4 Å². The summed E-state index contributed by atoms with van der Waals surface area (Å²) in [5.41, 5.74) is 4.89. The van der Waals surface area contributed by atoms with Gasteiger partial charge in [-0.2, -0.15) is 26.7 Å². The van der Waals surface area contributed by atoms with Gasteiger partial charge in [0.1, 0.15) is 11.0 Å². The van der Waals surface area contributed by atoms with Crippen molar-refractivity contribution in [2.24, 2.45) is 0 Å². The number of benzene rings is 1. The molecule has 118 valence electrons. The Kier molecular flexibility index (Phi) is 3.76. The largest absolute Gasteiger partial charge is 0.348 e. The van der Waals surface area contributed by atoms with E-state index in [2.05, 4.69) is 25.7 Å². The molecule has 0 saturated heterocycles. The molecule has 1 aromatic carbocycles. The molecular weight excluding hydrogens is 322 g/mol. The molecule has 0 radical (unpaired) electrons. The number of hydrogen-bond donors (Lipinski definition) is 2. The highest BCUT2D eigenvalue weighted by Crippen LogP contribution is 2.23. The SMILES string of the molecule is O=C(NCc1cccnc1-c1ccsc1)c1ccc2n[nH]nc2c1. The van der Waals surface area contributed by atoms with Crippen LogP contribution in [-0.2, 0) is 6.54 Å². The molecule has 1 amide bonds. The number of rotatable bonds is 4. The van der Waals surface area contributed by atoms with Gasteiger partial charge in [-0.1, -0.05) is 6.07 Å². The van der Waals surface area contributed by atoms with E-state index in [9.17, 15) is 4.79 Å². The molecule has 0 spiro atoms. The lowest BCUT2D eigenvalue weighted by molar-refractivity contribution is 0.0951. The molecule has 3 heterocycles. The number of nitrogens with zero attached hydrogens (tertiary/aromatic N) is 3. The van der Waals surface area contributed by atoms with Crippen LogP contribution < -0.4 is 5.32 Å². The van der Waals surface area contributed by atoms with Crippen molar-refractivity contribution in [1.82, 2.24) is 25.7 Å². The van der Waals surface area contributed by atoms with Crippen LogP contribution in [0.3, 0.4) is 0 Å². The second-order valence-corrected chi connectivity index (χ2v) is 6.01. The first-order valence-corrected chi connectivity index (χ1v) is 8.31. The van der Waals surface area contributed by atoms with E-state index >= 15 is 0 Å². The van der Waals surface area contributed by atoms with Gasteiger partial charge in [-0.15, -0.1) is 0 Å². The van der Waals surface area contributed by atoms with Crippen LogP contribution in [0.5, 0.6) is 0 Å². The van der Waals surface area contributed by atoms with Gasteiger partial charge in [0.2, 0.25) is 0 Å². The first-order chi connectivity index (χ1) is 11.8. The normalized spacial score (nSPS) is 10.8. The number of pyridine rings is 1. The molecule has 0 atom stereocenters. The van der Waals surface area contributed by atoms with E-state index in [0.29, 0.717) is 17.6 Å². The third-order valence-corrected chi connectivity index (χ3v) is 4.39. The number of nitrogens with one attached hydrogen (secondary N) is 2. The Hall–Kier alpha value is -3.06. The highest BCUT2D eigenvalue weighted by molar-refractivity contribution is 7.08. The van der Waals surface area contributed by atoms with E-state index < -0.39 is 0 Å². The molecule has 24 heavy (non-hydrogen) atoms. The number of hydrogen-bond acceptors (Lipinski definition) is 5. The standard InChI is InChI=1S/C17H13N5OS/c23-17(11-3-4-14-15(8-11)21-22-20-14)19-9-12-2-1-6-18-16(12)13-5-7-24-10-13/h1-8,10H,9H2,(H,19,23)(H,20,21,22). The van der Waals surface area contributed by atoms with E-state index in [4.69, 9.17) is 0 Å². The maximum Gasteiger partial charge on any atom is 0.251 e. The van der Waals surface area contributed by atoms with Crippen molar-refractivity contribution in [1.29, 1.82) is 0 Å². The Morgan fingerprint density at radius 3 is 2.96 bits per heavy atom. The molecular formula is C17H13N5OS. The van der Waals surface area contributed by atoms with E-state index in [1.807, 2.05) is 29.0 Å². The van der Waals surface area contributed by atoms with Crippen LogP contribution in [0.1, 0.15) is 15.9 Å². The molecule has 0 aliphatic heterocycles. The zero-order valence-electron chi connectivity index (χ0n) is 12.6. The van der Waals surface area contributed by atoms with Crippen LogP contribution in [0, 0.1) is 0 Å². The van der Waals surface area contributed by atoms with E-state index in [1.54, 1.807) is 35.7 Å². The summed E-state index contributed by atoms with van der Waals surface area (Å²) in [4.78, 5) is 16.8. The number of H-pyrrole nitrogens is 1. The Labute approximate surface area is 141 Å². The van der Waals surface area contributed by atoms with Crippen molar-refractivity contribution < 1.29 is 4.79 Å². The molecule has 0 saturated carbocycles. The number of amides is 1. The minimum atomic E-state index is -0.153. The molecule has 0 aliphatic rings. The van der Waals surface area contributed by atoms with Gasteiger partial charge in [0, 0.05) is 29.2 Å². The van der Waals surface area contributed by atoms with Crippen molar-refractivity contribution in [2.75, 3.05) is 0 Å². The maximum atomic E-state index is 12.4. The first-order valence-electron chi connectivity index (χ1n) is 7.36. The van der Waals surface area contributed by atoms with Crippen LogP contribution in [-0.4, -0.2) is 26.3 Å². The summed E-state index contributed by atoms with van der Waals surface area (Å²) in [7, 11) is 0. The van der Waals surface area contributed by atoms with E-state index in [1.165, 1.54) is 0 Å². The number of carbonyl (C=O) groups excluding carboxylic acids is 1. The highest BCUT2D eigenvalue weighted by atomic mass is 32.1. The Morgan fingerprint density at radius 1 is 1.17 bits per heavy atom. The molecule has 3 aromatic heterocycles. The van der Waals surface area contributed by atoms with Gasteiger partial charge < -0.3 is 5.32 Å². The first kappa shape index (κ1) is 14.5. The predicted octanol–water partition coefficient (Wildman–Crippen LogP) is 3.01. The molecule has 0 bridgehead atoms. The van der Waals surface area contributed by atoms with E-state index in [-0.39, 0.29) is 5.91 Å². The number of aromatic amines is 1. The molecule has 0 aliphatic carbocycles. The van der Waals surface area contributed by atoms with Crippen LogP contribution in [0.2, 0.25) is 0 Å². The third kappa shape index (κ3) is 2.77. The molecule has 4 rings (SSSR count). The summed E-state index contributed by atoms with van der Waals surface area (Å²) in [5, 5.41) is 17.5. The van der Waals surface area contributed by atoms with Crippen molar-refractivity contribution >= 4 is 28.3 Å². The zero-order valence-corrected chi connectivity index (χ0v) is 13.4. The lowest BCUT2D eigenvalue weighted by Gasteiger charge is -2.09. The molecule has 6 nitrogen and oxygen atoms in total. The van der Waals surface area contributed by atoms with Gasteiger partial charge in [-0.3, -0.25) is 9.78 Å². The van der Waals surface area contributed by atoms with Gasteiger partial charge in [-0.05, 0) is 41.3 Å². The van der Waals surface area contributed by atoms with Crippen molar-refractivity contribution in [3.05, 3.63) is 64.5 Å². The van der Waals surface area contributed by atoms with Crippen molar-refractivity contribution in [2.45, 2.75) is 6.54 Å². The fourth-order valence-electron chi connectivity index (χ4n) is 2.50. The van der Waals surface area contributed by atoms with Gasteiger partial charge in [0.25, 0.3) is 5.91 Å². The number of thiophene rings is 1. The second-order valence-electron chi connectivity index (χ2n) is 5.23. The fourth-order valence-corrected chi connectivity index (χ4v) is 3.14. The summed E-state index contributed by atoms with van der Waals surface area (Å²) >= 11 is 1.62. The monoisotopic (exact) mass is 335 g/mol. The van der Waals surface area contributed by atoms with Crippen LogP contribution in [0.4, 0.5) is 0 Å². The third-order valence-electron chi connectivity index (χ3n) is 3.70. The predicted molar refractivity (Wildman–Crippen MR) is 92.6 cm³/mol. The lowest BCUT2D eigenvalue weighted by Crippen LogP contribution is -2.23. The molecule has 2 N–H and O–H groups in total. The Bertz CT molecular complexity index is 993. The summed E-state index contributed by atoms with van der Waals surface area (Å²) < 4.78 is 0. The smallest absolute Gasteiger partial charge is 0.251 e. The van der Waals surface area contributed by atoms with Crippen molar-refractivity contribution in [3.63, 3.8) is 0 Å². The minimum Gasteiger partial charge on any atom is -0.348 e. The fraction of sp³-hybridized carbons (Fsp3) is 0.0588. The Balaban J connectivity index is 1.53. The molecule has 0 unspecified atom stereocenters. The topological polar surface area (TPSA) is 83.6 Å². The zero-order chi connectivity index (χ0) is 16.4. The molecule has 4 aromatic rings. The summed E-state index contributed by atoms with van der Waals surface area (Å²) in [6.07, 6.45) is 1.76. The number of aromatic nitrogens is 4. The lowest BCUT2D eigenvalue weighted by atomic mass is 10.1. The number of carbonyl (C=O) groups is 1. The average molecular weight is 335 g/mol. The van der Waals surface area contributed by atoms with Crippen LogP contribution >= 0.6 is 11.3 Å². The van der Waals surface area contributed by atoms with E-state index in [0.717, 1.165) is 22.3 Å². The van der Waals surface area contributed by atoms with Crippen LogP contribution in [0.25, 0.3) is 22.3 Å². The maximum absolute atomic E-state index is 12.4. The second kappa shape index (κ2) is 6.21.